The highest BCUT2D eigenvalue weighted by Gasteiger charge is 2.19. The molecule has 1 aliphatic carbocycles. The van der Waals surface area contributed by atoms with Gasteiger partial charge in [-0.05, 0) is 37.8 Å². The molecule has 0 heterocycles. The van der Waals surface area contributed by atoms with E-state index in [9.17, 15) is 4.79 Å². The quantitative estimate of drug-likeness (QED) is 0.596. The first-order chi connectivity index (χ1) is 11.2. The highest BCUT2D eigenvalue weighted by Crippen LogP contribution is 2.24. The maximum atomic E-state index is 11.8. The summed E-state index contributed by atoms with van der Waals surface area (Å²) in [6, 6.07) is 8.57. The van der Waals surface area contributed by atoms with Gasteiger partial charge in [-0.15, -0.1) is 0 Å². The third kappa shape index (κ3) is 4.68. The number of nitrogens with one attached hydrogen (secondary N) is 2. The molecule has 0 bridgehead atoms. The lowest BCUT2D eigenvalue weighted by atomic mass is 10.0. The second kappa shape index (κ2) is 8.51. The van der Waals surface area contributed by atoms with Crippen molar-refractivity contribution in [1.29, 1.82) is 5.41 Å². The molecule has 2 N–H and O–H groups in total. The van der Waals surface area contributed by atoms with E-state index in [4.69, 9.17) is 10.1 Å². The van der Waals surface area contributed by atoms with Crippen LogP contribution >= 0.6 is 0 Å². The first kappa shape index (κ1) is 17.3. The molecule has 0 unspecified atom stereocenters. The molecule has 124 valence electrons. The summed E-state index contributed by atoms with van der Waals surface area (Å²) in [6.45, 7) is 4.15. The molecule has 1 aromatic carbocycles. The van der Waals surface area contributed by atoms with Crippen LogP contribution < -0.4 is 5.32 Å². The molecular formula is C19H26N2O2. The zero-order valence-electron chi connectivity index (χ0n) is 14.0. The Hall–Kier alpha value is -2.10. The van der Waals surface area contributed by atoms with Crippen LogP contribution in [0.25, 0.3) is 5.70 Å². The number of rotatable bonds is 7. The molecule has 1 aliphatic rings. The van der Waals surface area contributed by atoms with Crippen molar-refractivity contribution in [3.8, 4) is 0 Å². The third-order valence-corrected chi connectivity index (χ3v) is 4.19. The predicted octanol–water partition coefficient (Wildman–Crippen LogP) is 3.70. The van der Waals surface area contributed by atoms with Crippen molar-refractivity contribution in [2.45, 2.75) is 52.0 Å². The Bertz CT molecular complexity index is 587. The van der Waals surface area contributed by atoms with E-state index in [1.807, 2.05) is 18.2 Å². The normalized spacial score (nSPS) is 15.5. The second-order valence-electron chi connectivity index (χ2n) is 5.83. The van der Waals surface area contributed by atoms with Gasteiger partial charge < -0.3 is 10.1 Å². The van der Waals surface area contributed by atoms with Gasteiger partial charge in [0.2, 0.25) is 0 Å². The Morgan fingerprint density at radius 2 is 2.00 bits per heavy atom. The van der Waals surface area contributed by atoms with E-state index < -0.39 is 5.97 Å². The number of hydrogen-bond acceptors (Lipinski definition) is 4. The average molecular weight is 314 g/mol. The largest absolute Gasteiger partial charge is 0.461 e. The predicted molar refractivity (Wildman–Crippen MR) is 93.5 cm³/mol. The van der Waals surface area contributed by atoms with Gasteiger partial charge in [0.05, 0.1) is 6.61 Å². The fourth-order valence-electron chi connectivity index (χ4n) is 2.99. The molecule has 4 nitrogen and oxygen atoms in total. The molecular weight excluding hydrogens is 288 g/mol. The van der Waals surface area contributed by atoms with Crippen molar-refractivity contribution in [3.05, 3.63) is 41.5 Å². The number of ether oxygens (including phenoxy) is 1. The van der Waals surface area contributed by atoms with Gasteiger partial charge in [0.15, 0.2) is 0 Å². The first-order valence-electron chi connectivity index (χ1n) is 8.47. The van der Waals surface area contributed by atoms with Crippen LogP contribution in [0, 0.1) is 5.41 Å². The van der Waals surface area contributed by atoms with Gasteiger partial charge >= 0.3 is 5.97 Å². The van der Waals surface area contributed by atoms with E-state index in [-0.39, 0.29) is 12.3 Å². The number of carbonyl (C=O) groups is 1. The smallest absolute Gasteiger partial charge is 0.356 e. The lowest BCUT2D eigenvalue weighted by molar-refractivity contribution is -0.135. The number of hydrogen-bond donors (Lipinski definition) is 2. The summed E-state index contributed by atoms with van der Waals surface area (Å²) in [4.78, 5) is 11.8. The van der Waals surface area contributed by atoms with Gasteiger partial charge in [-0.2, -0.15) is 0 Å². The molecule has 1 aromatic rings. The zero-order valence-corrected chi connectivity index (χ0v) is 14.0. The fraction of sp³-hybridized carbons (Fsp3) is 0.474. The second-order valence-corrected chi connectivity index (χ2v) is 5.83. The highest BCUT2D eigenvalue weighted by atomic mass is 16.5. The molecule has 1 saturated carbocycles. The van der Waals surface area contributed by atoms with Crippen molar-refractivity contribution in [3.63, 3.8) is 0 Å². The first-order valence-corrected chi connectivity index (χ1v) is 8.47. The molecule has 0 amide bonds. The minimum Gasteiger partial charge on any atom is -0.461 e. The SMILES string of the molecule is CCOC(=O)C(=N)/C=C(\NC1CCCC1)c1ccccc1CC. The Labute approximate surface area is 138 Å². The lowest BCUT2D eigenvalue weighted by Gasteiger charge is -2.19. The van der Waals surface area contributed by atoms with Crippen molar-refractivity contribution in [2.75, 3.05) is 6.61 Å². The van der Waals surface area contributed by atoms with Gasteiger partial charge in [-0.1, -0.05) is 44.0 Å². The molecule has 2 rings (SSSR count). The van der Waals surface area contributed by atoms with Crippen LogP contribution in [0.2, 0.25) is 0 Å². The van der Waals surface area contributed by atoms with Gasteiger partial charge in [-0.25, -0.2) is 4.79 Å². The van der Waals surface area contributed by atoms with Crippen molar-refractivity contribution in [2.24, 2.45) is 0 Å². The van der Waals surface area contributed by atoms with Gasteiger partial charge in [0, 0.05) is 17.3 Å². The van der Waals surface area contributed by atoms with E-state index in [2.05, 4.69) is 18.3 Å². The molecule has 23 heavy (non-hydrogen) atoms. The molecule has 0 spiro atoms. The van der Waals surface area contributed by atoms with Crippen LogP contribution in [0.1, 0.15) is 50.7 Å². The van der Waals surface area contributed by atoms with Crippen LogP contribution in [0.3, 0.4) is 0 Å². The Balaban J connectivity index is 2.30. The molecule has 0 aromatic heterocycles. The van der Waals surface area contributed by atoms with E-state index in [1.165, 1.54) is 18.4 Å². The topological polar surface area (TPSA) is 62.2 Å². The summed E-state index contributed by atoms with van der Waals surface area (Å²) in [5.41, 5.74) is 3.02. The molecule has 4 heteroatoms. The maximum Gasteiger partial charge on any atom is 0.356 e. The fourth-order valence-corrected chi connectivity index (χ4v) is 2.99. The van der Waals surface area contributed by atoms with Crippen molar-refractivity contribution < 1.29 is 9.53 Å². The summed E-state index contributed by atoms with van der Waals surface area (Å²) in [5, 5.41) is 11.5. The monoisotopic (exact) mass is 314 g/mol. The molecule has 0 aliphatic heterocycles. The van der Waals surface area contributed by atoms with E-state index in [1.54, 1.807) is 13.0 Å². The maximum absolute atomic E-state index is 11.8. The van der Waals surface area contributed by atoms with Crippen molar-refractivity contribution >= 4 is 17.4 Å². The van der Waals surface area contributed by atoms with E-state index >= 15 is 0 Å². The number of benzene rings is 1. The van der Waals surface area contributed by atoms with Crippen molar-refractivity contribution in [1.82, 2.24) is 5.32 Å². The molecule has 0 saturated heterocycles. The Morgan fingerprint density at radius 3 is 2.65 bits per heavy atom. The average Bonchev–Trinajstić information content (AvgIpc) is 3.07. The molecule has 1 fully saturated rings. The molecule has 0 atom stereocenters. The minimum absolute atomic E-state index is 0.113. The summed E-state index contributed by atoms with van der Waals surface area (Å²) < 4.78 is 4.93. The van der Waals surface area contributed by atoms with Gasteiger partial charge in [-0.3, -0.25) is 5.41 Å². The zero-order chi connectivity index (χ0) is 16.7. The minimum atomic E-state index is -0.577. The number of esters is 1. The summed E-state index contributed by atoms with van der Waals surface area (Å²) >= 11 is 0. The van der Waals surface area contributed by atoms with Crippen LogP contribution in [-0.2, 0) is 16.0 Å². The van der Waals surface area contributed by atoms with Crippen LogP contribution in [-0.4, -0.2) is 24.3 Å². The van der Waals surface area contributed by atoms with Gasteiger partial charge in [0.25, 0.3) is 0 Å². The number of aryl methyl sites for hydroxylation is 1. The van der Waals surface area contributed by atoms with Crippen LogP contribution in [0.15, 0.2) is 30.3 Å². The lowest BCUT2D eigenvalue weighted by Crippen LogP contribution is -2.26. The summed E-state index contributed by atoms with van der Waals surface area (Å²) in [7, 11) is 0. The number of carbonyl (C=O) groups excluding carboxylic acids is 1. The van der Waals surface area contributed by atoms with E-state index in [0.29, 0.717) is 6.04 Å². The third-order valence-electron chi connectivity index (χ3n) is 4.19. The highest BCUT2D eigenvalue weighted by molar-refractivity contribution is 6.41. The van der Waals surface area contributed by atoms with E-state index in [0.717, 1.165) is 30.5 Å². The van der Waals surface area contributed by atoms with Gasteiger partial charge in [0.1, 0.15) is 5.71 Å². The van der Waals surface area contributed by atoms with Crippen LogP contribution in [0.5, 0.6) is 0 Å². The summed E-state index contributed by atoms with van der Waals surface area (Å²) in [6.07, 6.45) is 7.26. The Kier molecular flexibility index (Phi) is 6.39. The summed E-state index contributed by atoms with van der Waals surface area (Å²) in [5.74, 6) is -0.577. The Morgan fingerprint density at radius 1 is 1.30 bits per heavy atom. The van der Waals surface area contributed by atoms with Crippen LogP contribution in [0.4, 0.5) is 0 Å². The standard InChI is InChI=1S/C19H26N2O2/c1-3-14-9-5-8-12-16(14)18(21-15-10-6-7-11-15)13-17(20)19(22)23-4-2/h5,8-9,12-13,15,20-21H,3-4,6-7,10-11H2,1-2H3/b18-13-,20-17?. The molecule has 0 radical (unpaired) electrons.